The fourth-order valence-corrected chi connectivity index (χ4v) is 3.45. The Morgan fingerprint density at radius 1 is 0.696 bits per heavy atom. The molecule has 1 aliphatic carbocycles. The average Bonchev–Trinajstić information content (AvgIpc) is 2.91. The van der Waals surface area contributed by atoms with Gasteiger partial charge in [-0.15, -0.1) is 0 Å². The molecule has 1 unspecified atom stereocenters. The van der Waals surface area contributed by atoms with Gasteiger partial charge in [0.25, 0.3) is 0 Å². The van der Waals surface area contributed by atoms with Crippen LogP contribution in [-0.2, 0) is 6.42 Å². The van der Waals surface area contributed by atoms with Crippen molar-refractivity contribution in [3.63, 3.8) is 0 Å². The van der Waals surface area contributed by atoms with Gasteiger partial charge in [0.2, 0.25) is 0 Å². The molecule has 0 saturated carbocycles. The average molecular weight is 298 g/mol. The second-order valence-corrected chi connectivity index (χ2v) is 6.24. The first-order valence-electron chi connectivity index (χ1n) is 8.06. The number of hydrogen-bond acceptors (Lipinski definition) is 1. The molecule has 0 bridgehead atoms. The van der Waals surface area contributed by atoms with Crippen LogP contribution in [0.25, 0.3) is 22.3 Å². The molecule has 112 valence electrons. The van der Waals surface area contributed by atoms with Gasteiger partial charge in [-0.05, 0) is 34.2 Å². The second-order valence-electron chi connectivity index (χ2n) is 6.24. The zero-order valence-corrected chi connectivity index (χ0v) is 13.1. The molecule has 0 amide bonds. The number of rotatable bonds is 2. The van der Waals surface area contributed by atoms with Crippen molar-refractivity contribution in [2.45, 2.75) is 13.3 Å². The summed E-state index contributed by atoms with van der Waals surface area (Å²) in [4.78, 5) is 12.2. The molecule has 0 N–H and O–H groups in total. The van der Waals surface area contributed by atoms with E-state index in [1.54, 1.807) is 0 Å². The van der Waals surface area contributed by atoms with E-state index in [0.717, 1.165) is 12.0 Å². The van der Waals surface area contributed by atoms with E-state index in [2.05, 4.69) is 54.6 Å². The molecule has 0 saturated heterocycles. The predicted molar refractivity (Wildman–Crippen MR) is 94.5 cm³/mol. The SMILES string of the molecule is CC1Cc2c(cccc2-c2ccc(-c3ccccc3)cc2)C1=O. The van der Waals surface area contributed by atoms with Gasteiger partial charge >= 0.3 is 0 Å². The lowest BCUT2D eigenvalue weighted by Gasteiger charge is -2.09. The first-order valence-corrected chi connectivity index (χ1v) is 8.06. The third-order valence-corrected chi connectivity index (χ3v) is 4.70. The molecule has 23 heavy (non-hydrogen) atoms. The first-order chi connectivity index (χ1) is 11.2. The van der Waals surface area contributed by atoms with Gasteiger partial charge in [0.15, 0.2) is 5.78 Å². The Hall–Kier alpha value is -2.67. The van der Waals surface area contributed by atoms with Gasteiger partial charge in [-0.1, -0.05) is 79.7 Å². The lowest BCUT2D eigenvalue weighted by molar-refractivity contribution is 0.0946. The van der Waals surface area contributed by atoms with Crippen molar-refractivity contribution in [2.75, 3.05) is 0 Å². The van der Waals surface area contributed by atoms with Crippen LogP contribution in [0.1, 0.15) is 22.8 Å². The summed E-state index contributed by atoms with van der Waals surface area (Å²) in [6.07, 6.45) is 0.852. The highest BCUT2D eigenvalue weighted by Gasteiger charge is 2.28. The summed E-state index contributed by atoms with van der Waals surface area (Å²) in [7, 11) is 0. The van der Waals surface area contributed by atoms with Gasteiger partial charge in [-0.25, -0.2) is 0 Å². The summed E-state index contributed by atoms with van der Waals surface area (Å²) < 4.78 is 0. The van der Waals surface area contributed by atoms with Crippen LogP contribution >= 0.6 is 0 Å². The quantitative estimate of drug-likeness (QED) is 0.619. The van der Waals surface area contributed by atoms with Crippen LogP contribution in [0.15, 0.2) is 72.8 Å². The third-order valence-electron chi connectivity index (χ3n) is 4.70. The minimum atomic E-state index is 0.106. The molecule has 1 aliphatic rings. The Bertz CT molecular complexity index is 860. The number of Topliss-reactive ketones (excluding diaryl/α,β-unsaturated/α-hetero) is 1. The van der Waals surface area contributed by atoms with Gasteiger partial charge in [0, 0.05) is 11.5 Å². The molecule has 1 heteroatoms. The van der Waals surface area contributed by atoms with E-state index in [0.29, 0.717) is 0 Å². The van der Waals surface area contributed by atoms with Crippen LogP contribution in [-0.4, -0.2) is 5.78 Å². The van der Waals surface area contributed by atoms with Crippen molar-refractivity contribution in [3.8, 4) is 22.3 Å². The molecule has 0 radical (unpaired) electrons. The highest BCUT2D eigenvalue weighted by molar-refractivity contribution is 6.03. The molecule has 0 heterocycles. The number of carbonyl (C=O) groups excluding carboxylic acids is 1. The van der Waals surface area contributed by atoms with Gasteiger partial charge in [0.1, 0.15) is 0 Å². The van der Waals surface area contributed by atoms with E-state index in [4.69, 9.17) is 0 Å². The second kappa shape index (κ2) is 5.51. The molecule has 3 aromatic rings. The summed E-state index contributed by atoms with van der Waals surface area (Å²) in [5, 5.41) is 0. The van der Waals surface area contributed by atoms with Crippen LogP contribution in [0.3, 0.4) is 0 Å². The zero-order valence-electron chi connectivity index (χ0n) is 13.1. The largest absolute Gasteiger partial charge is 0.294 e. The van der Waals surface area contributed by atoms with Crippen LogP contribution in [0.4, 0.5) is 0 Å². The molecular formula is C22H18O. The van der Waals surface area contributed by atoms with Gasteiger partial charge < -0.3 is 0 Å². The maximum Gasteiger partial charge on any atom is 0.166 e. The lowest BCUT2D eigenvalue weighted by atomic mass is 9.95. The van der Waals surface area contributed by atoms with Gasteiger partial charge in [0.05, 0.1) is 0 Å². The number of fused-ring (bicyclic) bond motifs is 1. The minimum Gasteiger partial charge on any atom is -0.294 e. The topological polar surface area (TPSA) is 17.1 Å². The van der Waals surface area contributed by atoms with E-state index in [1.165, 1.54) is 27.8 Å². The predicted octanol–water partition coefficient (Wildman–Crippen LogP) is 5.40. The Morgan fingerprint density at radius 3 is 2.04 bits per heavy atom. The minimum absolute atomic E-state index is 0.106. The third kappa shape index (κ3) is 2.39. The molecule has 0 aromatic heterocycles. The van der Waals surface area contributed by atoms with Crippen molar-refractivity contribution in [3.05, 3.63) is 83.9 Å². The Balaban J connectivity index is 1.75. The smallest absolute Gasteiger partial charge is 0.166 e. The summed E-state index contributed by atoms with van der Waals surface area (Å²) in [5.41, 5.74) is 6.93. The number of hydrogen-bond donors (Lipinski definition) is 0. The van der Waals surface area contributed by atoms with E-state index in [-0.39, 0.29) is 11.7 Å². The van der Waals surface area contributed by atoms with E-state index >= 15 is 0 Å². The van der Waals surface area contributed by atoms with Crippen LogP contribution in [0.5, 0.6) is 0 Å². The molecule has 3 aromatic carbocycles. The Morgan fingerprint density at radius 2 is 1.30 bits per heavy atom. The van der Waals surface area contributed by atoms with Crippen LogP contribution in [0.2, 0.25) is 0 Å². The lowest BCUT2D eigenvalue weighted by Crippen LogP contribution is -2.02. The van der Waals surface area contributed by atoms with Gasteiger partial charge in [-0.3, -0.25) is 4.79 Å². The van der Waals surface area contributed by atoms with E-state index < -0.39 is 0 Å². The number of ketones is 1. The van der Waals surface area contributed by atoms with Crippen molar-refractivity contribution < 1.29 is 4.79 Å². The molecule has 0 spiro atoms. The number of carbonyl (C=O) groups is 1. The van der Waals surface area contributed by atoms with Crippen molar-refractivity contribution >= 4 is 5.78 Å². The summed E-state index contributed by atoms with van der Waals surface area (Å²) in [6.45, 7) is 2.02. The molecule has 1 atom stereocenters. The normalized spacial score (nSPS) is 16.4. The van der Waals surface area contributed by atoms with Gasteiger partial charge in [-0.2, -0.15) is 0 Å². The monoisotopic (exact) mass is 298 g/mol. The molecule has 0 aliphatic heterocycles. The highest BCUT2D eigenvalue weighted by Crippen LogP contribution is 2.35. The standard InChI is InChI=1S/C22H18O/c1-15-14-21-19(8-5-9-20(21)22(15)23)18-12-10-17(11-13-18)16-6-3-2-4-7-16/h2-13,15H,14H2,1H3. The molecule has 4 rings (SSSR count). The van der Waals surface area contributed by atoms with Crippen LogP contribution in [0, 0.1) is 5.92 Å². The summed E-state index contributed by atoms with van der Waals surface area (Å²) in [6, 6.07) is 25.1. The van der Waals surface area contributed by atoms with Crippen LogP contribution < -0.4 is 0 Å². The Kier molecular flexibility index (Phi) is 3.34. The van der Waals surface area contributed by atoms with E-state index in [1.807, 2.05) is 25.1 Å². The molecular weight excluding hydrogens is 280 g/mol. The highest BCUT2D eigenvalue weighted by atomic mass is 16.1. The first kappa shape index (κ1) is 14.0. The maximum atomic E-state index is 12.2. The van der Waals surface area contributed by atoms with Crippen molar-refractivity contribution in [2.24, 2.45) is 5.92 Å². The molecule has 0 fully saturated rings. The fraction of sp³-hybridized carbons (Fsp3) is 0.136. The van der Waals surface area contributed by atoms with Crippen molar-refractivity contribution in [1.29, 1.82) is 0 Å². The summed E-state index contributed by atoms with van der Waals surface area (Å²) in [5.74, 6) is 0.387. The Labute approximate surface area is 136 Å². The fourth-order valence-electron chi connectivity index (χ4n) is 3.45. The molecule has 1 nitrogen and oxygen atoms in total. The maximum absolute atomic E-state index is 12.2. The van der Waals surface area contributed by atoms with E-state index in [9.17, 15) is 4.79 Å². The van der Waals surface area contributed by atoms with Crippen molar-refractivity contribution in [1.82, 2.24) is 0 Å². The number of benzene rings is 3. The zero-order chi connectivity index (χ0) is 15.8. The summed E-state index contributed by atoms with van der Waals surface area (Å²) >= 11 is 0.